The molecule has 23 heavy (non-hydrogen) atoms. The number of ether oxygens (including phenoxy) is 1. The molecule has 0 aliphatic heterocycles. The molecule has 0 fully saturated rings. The van der Waals surface area contributed by atoms with Crippen molar-refractivity contribution in [3.8, 4) is 5.75 Å². The predicted molar refractivity (Wildman–Crippen MR) is 93.8 cm³/mol. The van der Waals surface area contributed by atoms with E-state index in [1.165, 1.54) is 11.1 Å². The van der Waals surface area contributed by atoms with Gasteiger partial charge in [0.1, 0.15) is 5.75 Å². The third-order valence-electron chi connectivity index (χ3n) is 3.96. The molecule has 0 heterocycles. The van der Waals surface area contributed by atoms with E-state index in [1.54, 1.807) is 0 Å². The van der Waals surface area contributed by atoms with Crippen LogP contribution in [0.3, 0.4) is 0 Å². The Kier molecular flexibility index (Phi) is 5.80. The molecule has 3 nitrogen and oxygen atoms in total. The van der Waals surface area contributed by atoms with Crippen molar-refractivity contribution < 1.29 is 9.53 Å². The minimum Gasteiger partial charge on any atom is -0.493 e. The second kappa shape index (κ2) is 7.82. The average Bonchev–Trinajstić information content (AvgIpc) is 2.51. The first-order chi connectivity index (χ1) is 11.0. The van der Waals surface area contributed by atoms with E-state index in [-0.39, 0.29) is 11.9 Å². The molecule has 1 N–H and O–H groups in total. The van der Waals surface area contributed by atoms with E-state index >= 15 is 0 Å². The van der Waals surface area contributed by atoms with Crippen molar-refractivity contribution in [3.05, 3.63) is 64.7 Å². The van der Waals surface area contributed by atoms with Crippen LogP contribution < -0.4 is 10.1 Å². The number of benzene rings is 2. The van der Waals surface area contributed by atoms with Gasteiger partial charge in [-0.3, -0.25) is 4.79 Å². The normalized spacial score (nSPS) is 11.8. The van der Waals surface area contributed by atoms with Gasteiger partial charge in [-0.1, -0.05) is 42.0 Å². The van der Waals surface area contributed by atoms with Gasteiger partial charge < -0.3 is 10.1 Å². The summed E-state index contributed by atoms with van der Waals surface area (Å²) < 4.78 is 5.68. The number of rotatable bonds is 6. The smallest absolute Gasteiger partial charge is 0.223 e. The molecule has 0 saturated heterocycles. The summed E-state index contributed by atoms with van der Waals surface area (Å²) in [6.45, 7) is 8.53. The van der Waals surface area contributed by atoms with Crippen LogP contribution in [0.4, 0.5) is 0 Å². The summed E-state index contributed by atoms with van der Waals surface area (Å²) in [6, 6.07) is 14.1. The molecule has 2 aromatic carbocycles. The lowest BCUT2D eigenvalue weighted by atomic mass is 10.00. The number of hydrogen-bond donors (Lipinski definition) is 1. The van der Waals surface area contributed by atoms with Gasteiger partial charge in [-0.15, -0.1) is 0 Å². The van der Waals surface area contributed by atoms with Crippen LogP contribution in [-0.4, -0.2) is 12.5 Å². The van der Waals surface area contributed by atoms with Crippen molar-refractivity contribution >= 4 is 5.91 Å². The molecule has 0 saturated carbocycles. The van der Waals surface area contributed by atoms with Gasteiger partial charge in [-0.2, -0.15) is 0 Å². The van der Waals surface area contributed by atoms with Crippen LogP contribution in [0, 0.1) is 20.8 Å². The zero-order valence-corrected chi connectivity index (χ0v) is 14.3. The molecule has 1 amide bonds. The SMILES string of the molecule is Cc1ccc(C)c(C(C)NC(=O)CCOc2ccccc2C)c1. The van der Waals surface area contributed by atoms with Gasteiger partial charge in [0.25, 0.3) is 0 Å². The standard InChI is InChI=1S/C20H25NO2/c1-14-9-10-15(2)18(13-14)17(4)21-20(22)11-12-23-19-8-6-5-7-16(19)3/h5-10,13,17H,11-12H2,1-4H3,(H,21,22). The highest BCUT2D eigenvalue weighted by molar-refractivity contribution is 5.76. The fraction of sp³-hybridized carbons (Fsp3) is 0.350. The number of carbonyl (C=O) groups is 1. The molecule has 0 aromatic heterocycles. The molecule has 2 aromatic rings. The van der Waals surface area contributed by atoms with Gasteiger partial charge >= 0.3 is 0 Å². The highest BCUT2D eigenvalue weighted by Gasteiger charge is 2.12. The molecule has 1 unspecified atom stereocenters. The zero-order chi connectivity index (χ0) is 16.8. The third-order valence-corrected chi connectivity index (χ3v) is 3.96. The summed E-state index contributed by atoms with van der Waals surface area (Å²) in [4.78, 5) is 12.1. The Morgan fingerprint density at radius 1 is 1.09 bits per heavy atom. The average molecular weight is 311 g/mol. The van der Waals surface area contributed by atoms with E-state index < -0.39 is 0 Å². The first-order valence-electron chi connectivity index (χ1n) is 8.02. The molecule has 122 valence electrons. The minimum absolute atomic E-state index is 0.000798. The number of para-hydroxylation sites is 1. The highest BCUT2D eigenvalue weighted by atomic mass is 16.5. The number of aryl methyl sites for hydroxylation is 3. The van der Waals surface area contributed by atoms with Crippen molar-refractivity contribution in [2.24, 2.45) is 0 Å². The Morgan fingerprint density at radius 2 is 1.83 bits per heavy atom. The lowest BCUT2D eigenvalue weighted by molar-refractivity contribution is -0.122. The Morgan fingerprint density at radius 3 is 2.57 bits per heavy atom. The van der Waals surface area contributed by atoms with Crippen LogP contribution in [0.5, 0.6) is 5.75 Å². The Hall–Kier alpha value is -2.29. The second-order valence-electron chi connectivity index (χ2n) is 6.01. The molecule has 0 radical (unpaired) electrons. The maximum absolute atomic E-state index is 12.1. The summed E-state index contributed by atoms with van der Waals surface area (Å²) >= 11 is 0. The maximum atomic E-state index is 12.1. The summed E-state index contributed by atoms with van der Waals surface area (Å²) in [5.41, 5.74) is 4.64. The number of nitrogens with one attached hydrogen (secondary N) is 1. The van der Waals surface area contributed by atoms with Gasteiger partial charge in [-0.05, 0) is 50.5 Å². The number of carbonyl (C=O) groups excluding carboxylic acids is 1. The monoisotopic (exact) mass is 311 g/mol. The topological polar surface area (TPSA) is 38.3 Å². The predicted octanol–water partition coefficient (Wildman–Crippen LogP) is 4.26. The lowest BCUT2D eigenvalue weighted by Gasteiger charge is -2.17. The first kappa shape index (κ1) is 17.1. The van der Waals surface area contributed by atoms with Gasteiger partial charge in [0.15, 0.2) is 0 Å². The van der Waals surface area contributed by atoms with Gasteiger partial charge in [-0.25, -0.2) is 0 Å². The van der Waals surface area contributed by atoms with Crippen molar-refractivity contribution in [2.45, 2.75) is 40.2 Å². The van der Waals surface area contributed by atoms with Gasteiger partial charge in [0.05, 0.1) is 19.1 Å². The summed E-state index contributed by atoms with van der Waals surface area (Å²) in [6.07, 6.45) is 0.351. The molecular weight excluding hydrogens is 286 g/mol. The molecule has 2 rings (SSSR count). The van der Waals surface area contributed by atoms with Gasteiger partial charge in [0.2, 0.25) is 5.91 Å². The van der Waals surface area contributed by atoms with E-state index in [0.29, 0.717) is 13.0 Å². The zero-order valence-electron chi connectivity index (χ0n) is 14.3. The fourth-order valence-electron chi connectivity index (χ4n) is 2.59. The van der Waals surface area contributed by atoms with Crippen molar-refractivity contribution in [3.63, 3.8) is 0 Å². The quantitative estimate of drug-likeness (QED) is 0.865. The summed E-state index contributed by atoms with van der Waals surface area (Å²) in [5.74, 6) is 0.842. The van der Waals surface area contributed by atoms with Crippen LogP contribution in [0.15, 0.2) is 42.5 Å². The van der Waals surface area contributed by atoms with Crippen LogP contribution in [-0.2, 0) is 4.79 Å². The van der Waals surface area contributed by atoms with Crippen LogP contribution in [0.2, 0.25) is 0 Å². The molecule has 0 aliphatic carbocycles. The van der Waals surface area contributed by atoms with E-state index in [0.717, 1.165) is 16.9 Å². The Balaban J connectivity index is 1.85. The van der Waals surface area contributed by atoms with Gasteiger partial charge in [0, 0.05) is 0 Å². The van der Waals surface area contributed by atoms with Crippen molar-refractivity contribution in [2.75, 3.05) is 6.61 Å². The van der Waals surface area contributed by atoms with Crippen LogP contribution >= 0.6 is 0 Å². The van der Waals surface area contributed by atoms with E-state index in [1.807, 2.05) is 38.1 Å². The van der Waals surface area contributed by atoms with Crippen LogP contribution in [0.1, 0.15) is 41.6 Å². The van der Waals surface area contributed by atoms with E-state index in [9.17, 15) is 4.79 Å². The molecule has 3 heteroatoms. The number of amides is 1. The highest BCUT2D eigenvalue weighted by Crippen LogP contribution is 2.19. The van der Waals surface area contributed by atoms with E-state index in [2.05, 4.69) is 37.4 Å². The summed E-state index contributed by atoms with van der Waals surface area (Å²) in [5, 5.41) is 3.05. The Labute approximate surface area is 138 Å². The maximum Gasteiger partial charge on any atom is 0.223 e. The largest absolute Gasteiger partial charge is 0.493 e. The fourth-order valence-corrected chi connectivity index (χ4v) is 2.59. The first-order valence-corrected chi connectivity index (χ1v) is 8.02. The molecule has 0 spiro atoms. The second-order valence-corrected chi connectivity index (χ2v) is 6.01. The van der Waals surface area contributed by atoms with Crippen molar-refractivity contribution in [1.29, 1.82) is 0 Å². The lowest BCUT2D eigenvalue weighted by Crippen LogP contribution is -2.28. The molecule has 0 aliphatic rings. The van der Waals surface area contributed by atoms with Crippen LogP contribution in [0.25, 0.3) is 0 Å². The molecule has 1 atom stereocenters. The Bertz CT molecular complexity index is 679. The number of hydrogen-bond acceptors (Lipinski definition) is 2. The molecular formula is C20H25NO2. The molecule has 0 bridgehead atoms. The van der Waals surface area contributed by atoms with E-state index in [4.69, 9.17) is 4.74 Å². The van der Waals surface area contributed by atoms with Crippen molar-refractivity contribution in [1.82, 2.24) is 5.32 Å². The summed E-state index contributed by atoms with van der Waals surface area (Å²) in [7, 11) is 0. The third kappa shape index (κ3) is 4.85. The minimum atomic E-state index is 0.000798.